The number of rotatable bonds is 2. The van der Waals surface area contributed by atoms with Gasteiger partial charge >= 0.3 is 0 Å². The SMILES string of the molecule is CO[C@]1(C)CN(c2nccc(N)n2)CC[C@@H]1O. The van der Waals surface area contributed by atoms with E-state index in [-0.39, 0.29) is 0 Å². The van der Waals surface area contributed by atoms with E-state index in [9.17, 15) is 5.11 Å². The standard InChI is InChI=1S/C11H18N4O2/c1-11(17-2)7-15(6-4-8(11)16)10-13-5-3-9(12)14-10/h3,5,8,16H,4,6-7H2,1-2H3,(H2,12,13,14)/t8-,11+/m0/s1. The Morgan fingerprint density at radius 2 is 2.41 bits per heavy atom. The minimum Gasteiger partial charge on any atom is -0.390 e. The van der Waals surface area contributed by atoms with Crippen LogP contribution in [0.4, 0.5) is 11.8 Å². The van der Waals surface area contributed by atoms with Crippen molar-refractivity contribution in [2.75, 3.05) is 30.8 Å². The Labute approximate surface area is 100 Å². The monoisotopic (exact) mass is 238 g/mol. The summed E-state index contributed by atoms with van der Waals surface area (Å²) in [6, 6.07) is 1.65. The molecule has 2 heterocycles. The van der Waals surface area contributed by atoms with Crippen molar-refractivity contribution in [1.29, 1.82) is 0 Å². The van der Waals surface area contributed by atoms with Crippen molar-refractivity contribution < 1.29 is 9.84 Å². The highest BCUT2D eigenvalue weighted by atomic mass is 16.5. The molecule has 2 atom stereocenters. The van der Waals surface area contributed by atoms with E-state index in [2.05, 4.69) is 9.97 Å². The maximum absolute atomic E-state index is 9.93. The second-order valence-corrected chi connectivity index (χ2v) is 4.52. The van der Waals surface area contributed by atoms with Crippen LogP contribution in [0.15, 0.2) is 12.3 Å². The topological polar surface area (TPSA) is 84.5 Å². The van der Waals surface area contributed by atoms with Gasteiger partial charge in [-0.1, -0.05) is 0 Å². The number of ether oxygens (including phenoxy) is 1. The van der Waals surface area contributed by atoms with Gasteiger partial charge in [0.2, 0.25) is 5.95 Å². The summed E-state index contributed by atoms with van der Waals surface area (Å²) in [6.45, 7) is 3.13. The molecular formula is C11H18N4O2. The number of nitrogen functional groups attached to an aromatic ring is 1. The Morgan fingerprint density at radius 3 is 3.06 bits per heavy atom. The van der Waals surface area contributed by atoms with Gasteiger partial charge in [-0.2, -0.15) is 4.98 Å². The molecule has 1 aliphatic heterocycles. The molecule has 0 saturated carbocycles. The van der Waals surface area contributed by atoms with Gasteiger partial charge in [0.25, 0.3) is 0 Å². The van der Waals surface area contributed by atoms with Crippen LogP contribution in [0.3, 0.4) is 0 Å². The number of aromatic nitrogens is 2. The van der Waals surface area contributed by atoms with Crippen LogP contribution in [0, 0.1) is 0 Å². The van der Waals surface area contributed by atoms with Crippen molar-refractivity contribution in [3.63, 3.8) is 0 Å². The maximum Gasteiger partial charge on any atom is 0.227 e. The molecule has 17 heavy (non-hydrogen) atoms. The molecule has 6 heteroatoms. The van der Waals surface area contributed by atoms with Crippen LogP contribution in [0.2, 0.25) is 0 Å². The van der Waals surface area contributed by atoms with Crippen molar-refractivity contribution in [3.05, 3.63) is 12.3 Å². The quantitative estimate of drug-likeness (QED) is 0.756. The summed E-state index contributed by atoms with van der Waals surface area (Å²) < 4.78 is 5.39. The summed E-state index contributed by atoms with van der Waals surface area (Å²) in [6.07, 6.45) is 1.79. The third kappa shape index (κ3) is 2.32. The van der Waals surface area contributed by atoms with Crippen molar-refractivity contribution in [2.24, 2.45) is 0 Å². The van der Waals surface area contributed by atoms with E-state index in [1.807, 2.05) is 11.8 Å². The first-order chi connectivity index (χ1) is 8.05. The van der Waals surface area contributed by atoms with Crippen LogP contribution in [0.5, 0.6) is 0 Å². The molecule has 0 aliphatic carbocycles. The molecular weight excluding hydrogens is 220 g/mol. The van der Waals surface area contributed by atoms with E-state index in [0.717, 1.165) is 0 Å². The summed E-state index contributed by atoms with van der Waals surface area (Å²) in [5.41, 5.74) is 5.04. The fourth-order valence-corrected chi connectivity index (χ4v) is 2.03. The lowest BCUT2D eigenvalue weighted by Gasteiger charge is -2.42. The lowest BCUT2D eigenvalue weighted by molar-refractivity contribution is -0.0962. The van der Waals surface area contributed by atoms with Crippen LogP contribution in [0.1, 0.15) is 13.3 Å². The van der Waals surface area contributed by atoms with Gasteiger partial charge in [0, 0.05) is 19.9 Å². The molecule has 1 aromatic heterocycles. The van der Waals surface area contributed by atoms with Gasteiger partial charge in [-0.3, -0.25) is 0 Å². The Morgan fingerprint density at radius 1 is 1.65 bits per heavy atom. The first-order valence-electron chi connectivity index (χ1n) is 5.62. The predicted molar refractivity (Wildman–Crippen MR) is 64.7 cm³/mol. The third-order valence-corrected chi connectivity index (χ3v) is 3.30. The lowest BCUT2D eigenvalue weighted by atomic mass is 9.91. The van der Waals surface area contributed by atoms with Gasteiger partial charge in [0.15, 0.2) is 0 Å². The van der Waals surface area contributed by atoms with Crippen LogP contribution < -0.4 is 10.6 Å². The highest BCUT2D eigenvalue weighted by molar-refractivity contribution is 5.38. The molecule has 0 spiro atoms. The molecule has 0 bridgehead atoms. The largest absolute Gasteiger partial charge is 0.390 e. The molecule has 0 amide bonds. The van der Waals surface area contributed by atoms with Gasteiger partial charge in [-0.25, -0.2) is 4.98 Å². The van der Waals surface area contributed by atoms with Crippen molar-refractivity contribution in [3.8, 4) is 0 Å². The number of hydrogen-bond acceptors (Lipinski definition) is 6. The summed E-state index contributed by atoms with van der Waals surface area (Å²) in [7, 11) is 1.60. The normalized spacial score (nSPS) is 29.4. The summed E-state index contributed by atoms with van der Waals surface area (Å²) in [5.74, 6) is 1.03. The number of piperidine rings is 1. The number of hydrogen-bond donors (Lipinski definition) is 2. The smallest absolute Gasteiger partial charge is 0.227 e. The molecule has 3 N–H and O–H groups in total. The first kappa shape index (κ1) is 12.1. The molecule has 0 unspecified atom stereocenters. The molecule has 1 aromatic rings. The van der Waals surface area contributed by atoms with Gasteiger partial charge in [-0.05, 0) is 19.4 Å². The van der Waals surface area contributed by atoms with Gasteiger partial charge in [0.1, 0.15) is 11.4 Å². The molecule has 6 nitrogen and oxygen atoms in total. The van der Waals surface area contributed by atoms with E-state index < -0.39 is 11.7 Å². The van der Waals surface area contributed by atoms with E-state index in [1.165, 1.54) is 0 Å². The fraction of sp³-hybridized carbons (Fsp3) is 0.636. The third-order valence-electron chi connectivity index (χ3n) is 3.30. The minimum atomic E-state index is -0.591. The molecule has 2 rings (SSSR count). The van der Waals surface area contributed by atoms with Crippen LogP contribution in [-0.2, 0) is 4.74 Å². The van der Waals surface area contributed by atoms with Crippen molar-refractivity contribution in [1.82, 2.24) is 9.97 Å². The number of nitrogens with zero attached hydrogens (tertiary/aromatic N) is 3. The highest BCUT2D eigenvalue weighted by Gasteiger charge is 2.39. The maximum atomic E-state index is 9.93. The number of methoxy groups -OCH3 is 1. The second kappa shape index (κ2) is 4.46. The molecule has 1 saturated heterocycles. The Kier molecular flexibility index (Phi) is 3.17. The zero-order valence-corrected chi connectivity index (χ0v) is 10.1. The van der Waals surface area contributed by atoms with Gasteiger partial charge in [0.05, 0.1) is 12.6 Å². The summed E-state index contributed by atoms with van der Waals surface area (Å²) in [4.78, 5) is 10.3. The summed E-state index contributed by atoms with van der Waals surface area (Å²) >= 11 is 0. The molecule has 0 radical (unpaired) electrons. The average Bonchev–Trinajstić information content (AvgIpc) is 2.33. The number of aliphatic hydroxyl groups excluding tert-OH is 1. The van der Waals surface area contributed by atoms with E-state index in [4.69, 9.17) is 10.5 Å². The van der Waals surface area contributed by atoms with Crippen molar-refractivity contribution in [2.45, 2.75) is 25.0 Å². The summed E-state index contributed by atoms with van der Waals surface area (Å²) in [5, 5.41) is 9.93. The Balaban J connectivity index is 2.19. The lowest BCUT2D eigenvalue weighted by Crippen LogP contribution is -2.56. The number of anilines is 2. The number of nitrogens with two attached hydrogens (primary N) is 1. The number of aliphatic hydroxyl groups is 1. The van der Waals surface area contributed by atoms with E-state index >= 15 is 0 Å². The second-order valence-electron chi connectivity index (χ2n) is 4.52. The van der Waals surface area contributed by atoms with E-state index in [0.29, 0.717) is 31.3 Å². The van der Waals surface area contributed by atoms with Crippen LogP contribution in [0.25, 0.3) is 0 Å². The molecule has 0 aromatic carbocycles. The van der Waals surface area contributed by atoms with Gasteiger partial charge in [-0.15, -0.1) is 0 Å². The minimum absolute atomic E-state index is 0.445. The van der Waals surface area contributed by atoms with Crippen molar-refractivity contribution >= 4 is 11.8 Å². The zero-order valence-electron chi connectivity index (χ0n) is 10.1. The van der Waals surface area contributed by atoms with Crippen LogP contribution >= 0.6 is 0 Å². The molecule has 1 aliphatic rings. The van der Waals surface area contributed by atoms with Crippen LogP contribution in [-0.4, -0.2) is 47.0 Å². The molecule has 1 fully saturated rings. The van der Waals surface area contributed by atoms with E-state index in [1.54, 1.807) is 19.4 Å². The highest BCUT2D eigenvalue weighted by Crippen LogP contribution is 2.26. The Hall–Kier alpha value is -1.40. The predicted octanol–water partition coefficient (Wildman–Crippen LogP) is 0.0349. The first-order valence-corrected chi connectivity index (χ1v) is 5.62. The fourth-order valence-electron chi connectivity index (χ4n) is 2.03. The Bertz CT molecular complexity index is 401. The van der Waals surface area contributed by atoms with Gasteiger partial charge < -0.3 is 20.5 Å². The molecule has 94 valence electrons. The zero-order chi connectivity index (χ0) is 12.5. The average molecular weight is 238 g/mol.